The second kappa shape index (κ2) is 5.58. The van der Waals surface area contributed by atoms with E-state index in [1.807, 2.05) is 22.6 Å². The highest BCUT2D eigenvalue weighted by Crippen LogP contribution is 2.31. The number of rotatable bonds is 3. The van der Waals surface area contributed by atoms with Crippen LogP contribution >= 0.6 is 22.6 Å². The topological polar surface area (TPSA) is 86.2 Å². The van der Waals surface area contributed by atoms with Gasteiger partial charge in [0, 0.05) is 25.8 Å². The van der Waals surface area contributed by atoms with E-state index in [0.29, 0.717) is 3.57 Å². The Balaban J connectivity index is 2.87. The second-order valence-electron chi connectivity index (χ2n) is 4.06. The van der Waals surface area contributed by atoms with E-state index in [-0.39, 0.29) is 22.3 Å². The largest absolute Gasteiger partial charge is 0.366 e. The number of carbonyl (C=O) groups excluding carboxylic acids is 2. The SMILES string of the molecule is NC(=O)c1cccc(C(N)=O)c1-c1cccc(I)c1F. The van der Waals surface area contributed by atoms with E-state index in [9.17, 15) is 14.0 Å². The van der Waals surface area contributed by atoms with Gasteiger partial charge in [-0.1, -0.05) is 18.2 Å². The first kappa shape index (κ1) is 14.4. The van der Waals surface area contributed by atoms with Crippen molar-refractivity contribution in [1.82, 2.24) is 0 Å². The monoisotopic (exact) mass is 384 g/mol. The van der Waals surface area contributed by atoms with Gasteiger partial charge in [-0.3, -0.25) is 9.59 Å². The van der Waals surface area contributed by atoms with Crippen molar-refractivity contribution in [2.24, 2.45) is 11.5 Å². The lowest BCUT2D eigenvalue weighted by Crippen LogP contribution is -2.18. The first-order valence-corrected chi connectivity index (χ1v) is 6.68. The maximum Gasteiger partial charge on any atom is 0.249 e. The Kier molecular flexibility index (Phi) is 4.03. The molecule has 0 spiro atoms. The summed E-state index contributed by atoms with van der Waals surface area (Å²) in [5.41, 5.74) is 11.0. The van der Waals surface area contributed by atoms with Gasteiger partial charge in [0.2, 0.25) is 11.8 Å². The van der Waals surface area contributed by atoms with E-state index in [2.05, 4.69) is 0 Å². The van der Waals surface area contributed by atoms with Crippen molar-refractivity contribution in [2.45, 2.75) is 0 Å². The summed E-state index contributed by atoms with van der Waals surface area (Å²) in [6, 6.07) is 9.03. The van der Waals surface area contributed by atoms with Crippen LogP contribution in [0, 0.1) is 9.39 Å². The molecule has 0 radical (unpaired) electrons. The van der Waals surface area contributed by atoms with Crippen LogP contribution in [0.25, 0.3) is 11.1 Å². The zero-order valence-electron chi connectivity index (χ0n) is 10.2. The fourth-order valence-electron chi connectivity index (χ4n) is 1.95. The number of amides is 2. The van der Waals surface area contributed by atoms with Gasteiger partial charge in [0.15, 0.2) is 0 Å². The first-order valence-electron chi connectivity index (χ1n) is 5.60. The van der Waals surface area contributed by atoms with Crippen LogP contribution in [0.15, 0.2) is 36.4 Å². The lowest BCUT2D eigenvalue weighted by atomic mass is 9.93. The molecule has 0 atom stereocenters. The summed E-state index contributed by atoms with van der Waals surface area (Å²) in [6.45, 7) is 0. The van der Waals surface area contributed by atoms with Gasteiger partial charge in [-0.2, -0.15) is 0 Å². The Labute approximate surface area is 128 Å². The van der Waals surface area contributed by atoms with Gasteiger partial charge in [-0.05, 0) is 40.8 Å². The van der Waals surface area contributed by atoms with Crippen LogP contribution < -0.4 is 11.5 Å². The predicted octanol–water partition coefficient (Wildman–Crippen LogP) is 2.30. The van der Waals surface area contributed by atoms with E-state index in [1.54, 1.807) is 12.1 Å². The molecule has 20 heavy (non-hydrogen) atoms. The highest BCUT2D eigenvalue weighted by atomic mass is 127. The molecule has 2 aromatic carbocycles. The summed E-state index contributed by atoms with van der Waals surface area (Å²) in [5, 5.41) is 0. The van der Waals surface area contributed by atoms with E-state index >= 15 is 0 Å². The van der Waals surface area contributed by atoms with E-state index in [1.165, 1.54) is 24.3 Å². The molecule has 4 nitrogen and oxygen atoms in total. The molecule has 102 valence electrons. The van der Waals surface area contributed by atoms with Gasteiger partial charge in [-0.15, -0.1) is 0 Å². The molecule has 0 saturated heterocycles. The van der Waals surface area contributed by atoms with Gasteiger partial charge in [0.25, 0.3) is 0 Å². The second-order valence-corrected chi connectivity index (χ2v) is 5.22. The summed E-state index contributed by atoms with van der Waals surface area (Å²) in [4.78, 5) is 23.0. The van der Waals surface area contributed by atoms with E-state index < -0.39 is 17.6 Å². The first-order chi connectivity index (χ1) is 9.43. The zero-order chi connectivity index (χ0) is 14.9. The summed E-state index contributed by atoms with van der Waals surface area (Å²) >= 11 is 1.83. The van der Waals surface area contributed by atoms with Gasteiger partial charge < -0.3 is 11.5 Å². The molecule has 0 aromatic heterocycles. The maximum absolute atomic E-state index is 14.3. The minimum absolute atomic E-state index is 0.0576. The number of carbonyl (C=O) groups is 2. The molecular formula is C14H10FIN2O2. The molecule has 2 aromatic rings. The Morgan fingerprint density at radius 1 is 0.950 bits per heavy atom. The summed E-state index contributed by atoms with van der Waals surface area (Å²) in [6.07, 6.45) is 0. The normalized spacial score (nSPS) is 10.3. The number of nitrogens with two attached hydrogens (primary N) is 2. The fraction of sp³-hybridized carbons (Fsp3) is 0. The molecule has 0 fully saturated rings. The quantitative estimate of drug-likeness (QED) is 0.796. The van der Waals surface area contributed by atoms with Crippen molar-refractivity contribution in [3.8, 4) is 11.1 Å². The average molecular weight is 384 g/mol. The highest BCUT2D eigenvalue weighted by molar-refractivity contribution is 14.1. The van der Waals surface area contributed by atoms with E-state index in [4.69, 9.17) is 11.5 Å². The number of halogens is 2. The smallest absolute Gasteiger partial charge is 0.249 e. The molecular weight excluding hydrogens is 374 g/mol. The number of hydrogen-bond donors (Lipinski definition) is 2. The standard InChI is InChI=1S/C14H10FIN2O2/c15-12-7(3-2-6-10(12)16)11-8(13(17)19)4-1-5-9(11)14(18)20/h1-6H,(H2,17,19)(H2,18,20). The molecule has 0 aliphatic carbocycles. The molecule has 0 bridgehead atoms. The molecule has 4 N–H and O–H groups in total. The molecule has 0 saturated carbocycles. The fourth-order valence-corrected chi connectivity index (χ4v) is 2.45. The van der Waals surface area contributed by atoms with Crippen molar-refractivity contribution < 1.29 is 14.0 Å². The van der Waals surface area contributed by atoms with Crippen LogP contribution in [0.4, 0.5) is 4.39 Å². The van der Waals surface area contributed by atoms with Crippen LogP contribution in [-0.4, -0.2) is 11.8 Å². The number of primary amides is 2. The van der Waals surface area contributed by atoms with Crippen LogP contribution in [0.3, 0.4) is 0 Å². The van der Waals surface area contributed by atoms with E-state index in [0.717, 1.165) is 0 Å². The molecule has 0 unspecified atom stereocenters. The molecule has 0 aliphatic heterocycles. The molecule has 0 aliphatic rings. The Bertz CT molecular complexity index is 684. The molecule has 6 heteroatoms. The van der Waals surface area contributed by atoms with Gasteiger partial charge in [0.05, 0.1) is 0 Å². The molecule has 2 amide bonds. The summed E-state index contributed by atoms with van der Waals surface area (Å²) in [5.74, 6) is -2.02. The van der Waals surface area contributed by atoms with Crippen LogP contribution in [0.2, 0.25) is 0 Å². The minimum atomic E-state index is -0.749. The average Bonchev–Trinajstić information content (AvgIpc) is 2.41. The third-order valence-corrected chi connectivity index (χ3v) is 3.65. The molecule has 2 rings (SSSR count). The van der Waals surface area contributed by atoms with Crippen molar-refractivity contribution in [2.75, 3.05) is 0 Å². The van der Waals surface area contributed by atoms with Gasteiger partial charge in [0.1, 0.15) is 5.82 Å². The minimum Gasteiger partial charge on any atom is -0.366 e. The number of benzene rings is 2. The third kappa shape index (κ3) is 2.51. The third-order valence-electron chi connectivity index (χ3n) is 2.82. The van der Waals surface area contributed by atoms with Crippen molar-refractivity contribution in [1.29, 1.82) is 0 Å². The Hall–Kier alpha value is -1.96. The van der Waals surface area contributed by atoms with Gasteiger partial charge >= 0.3 is 0 Å². The van der Waals surface area contributed by atoms with Gasteiger partial charge in [-0.25, -0.2) is 4.39 Å². The Morgan fingerprint density at radius 3 is 1.95 bits per heavy atom. The van der Waals surface area contributed by atoms with Crippen molar-refractivity contribution in [3.63, 3.8) is 0 Å². The summed E-state index contributed by atoms with van der Waals surface area (Å²) < 4.78 is 14.6. The molecule has 0 heterocycles. The lowest BCUT2D eigenvalue weighted by molar-refractivity contribution is 0.0999. The number of hydrogen-bond acceptors (Lipinski definition) is 2. The van der Waals surface area contributed by atoms with Crippen LogP contribution in [-0.2, 0) is 0 Å². The zero-order valence-corrected chi connectivity index (χ0v) is 12.3. The van der Waals surface area contributed by atoms with Crippen LogP contribution in [0.1, 0.15) is 20.7 Å². The predicted molar refractivity (Wildman–Crippen MR) is 81.6 cm³/mol. The van der Waals surface area contributed by atoms with Crippen molar-refractivity contribution >= 4 is 34.4 Å². The summed E-state index contributed by atoms with van der Waals surface area (Å²) in [7, 11) is 0. The van der Waals surface area contributed by atoms with Crippen molar-refractivity contribution in [3.05, 3.63) is 56.9 Å². The lowest BCUT2D eigenvalue weighted by Gasteiger charge is -2.12. The van der Waals surface area contributed by atoms with Crippen LogP contribution in [0.5, 0.6) is 0 Å². The maximum atomic E-state index is 14.3. The highest BCUT2D eigenvalue weighted by Gasteiger charge is 2.20. The Morgan fingerprint density at radius 2 is 1.45 bits per heavy atom.